The number of halogens is 2. The van der Waals surface area contributed by atoms with Crippen molar-refractivity contribution in [3.63, 3.8) is 0 Å². The second-order valence-electron chi connectivity index (χ2n) is 5.64. The Morgan fingerprint density at radius 3 is 2.74 bits per heavy atom. The number of hydrogen-bond acceptors (Lipinski definition) is 6. The Bertz CT molecular complexity index is 667. The Morgan fingerprint density at radius 1 is 1.30 bits per heavy atom. The highest BCUT2D eigenvalue weighted by Gasteiger charge is 2.37. The molecule has 1 aromatic heterocycles. The van der Waals surface area contributed by atoms with Gasteiger partial charge in [0.05, 0.1) is 19.9 Å². The van der Waals surface area contributed by atoms with Crippen LogP contribution in [0, 0.1) is 11.6 Å². The van der Waals surface area contributed by atoms with Crippen molar-refractivity contribution in [2.75, 3.05) is 26.9 Å². The van der Waals surface area contributed by atoms with Crippen LogP contribution in [0.25, 0.3) is 0 Å². The van der Waals surface area contributed by atoms with E-state index in [4.69, 9.17) is 0 Å². The number of nitrogens with one attached hydrogen (secondary N) is 1. The fraction of sp³-hybridized carbons (Fsp3) is 0.429. The monoisotopic (exact) mass is 324 g/mol. The summed E-state index contributed by atoms with van der Waals surface area (Å²) in [6.45, 7) is 1.28. The van der Waals surface area contributed by atoms with Gasteiger partial charge in [-0.2, -0.15) is 5.10 Å². The Morgan fingerprint density at radius 2 is 2.13 bits per heavy atom. The smallest absolute Gasteiger partial charge is 0.137 e. The maximum Gasteiger partial charge on any atom is 0.137 e. The Kier molecular flexibility index (Phi) is 4.35. The van der Waals surface area contributed by atoms with Gasteiger partial charge < -0.3 is 5.11 Å². The summed E-state index contributed by atoms with van der Waals surface area (Å²) >= 11 is 0. The maximum absolute atomic E-state index is 14.3. The molecule has 0 aliphatic carbocycles. The summed E-state index contributed by atoms with van der Waals surface area (Å²) in [6, 6.07) is 3.18. The quantitative estimate of drug-likeness (QED) is 0.814. The number of nitrogens with zero attached hydrogens (tertiary/aromatic N) is 5. The Hall–Kier alpha value is -1.94. The highest BCUT2D eigenvalue weighted by atomic mass is 19.1. The average Bonchev–Trinajstić information content (AvgIpc) is 3.11. The maximum atomic E-state index is 14.3. The summed E-state index contributed by atoms with van der Waals surface area (Å²) in [6.07, 6.45) is 2.78. The first-order valence-corrected chi connectivity index (χ1v) is 7.15. The van der Waals surface area contributed by atoms with E-state index in [1.165, 1.54) is 23.4 Å². The molecule has 1 aliphatic heterocycles. The van der Waals surface area contributed by atoms with Crippen LogP contribution in [-0.4, -0.2) is 56.8 Å². The van der Waals surface area contributed by atoms with Gasteiger partial charge in [0.25, 0.3) is 0 Å². The van der Waals surface area contributed by atoms with E-state index < -0.39 is 17.2 Å². The first kappa shape index (κ1) is 15.9. The second-order valence-corrected chi connectivity index (χ2v) is 5.64. The summed E-state index contributed by atoms with van der Waals surface area (Å²) in [7, 11) is 1.86. The van der Waals surface area contributed by atoms with Gasteiger partial charge in [0, 0.05) is 25.2 Å². The molecule has 23 heavy (non-hydrogen) atoms. The molecule has 0 bridgehead atoms. The minimum atomic E-state index is -1.59. The molecule has 1 aliphatic rings. The van der Waals surface area contributed by atoms with Crippen LogP contribution in [-0.2, 0) is 12.1 Å². The molecule has 124 valence electrons. The van der Waals surface area contributed by atoms with Crippen LogP contribution in [0.4, 0.5) is 8.78 Å². The van der Waals surface area contributed by atoms with E-state index in [9.17, 15) is 13.9 Å². The van der Waals surface area contributed by atoms with Gasteiger partial charge in [-0.05, 0) is 6.07 Å². The molecular formula is C14H18F2N6O. The zero-order valence-electron chi connectivity index (χ0n) is 12.7. The minimum absolute atomic E-state index is 0.000107. The summed E-state index contributed by atoms with van der Waals surface area (Å²) in [5.41, 5.74) is -1.57. The van der Waals surface area contributed by atoms with E-state index >= 15 is 0 Å². The molecular weight excluding hydrogens is 306 g/mol. The van der Waals surface area contributed by atoms with Gasteiger partial charge in [0.1, 0.15) is 29.9 Å². The van der Waals surface area contributed by atoms with Crippen molar-refractivity contribution in [3.05, 3.63) is 48.1 Å². The lowest BCUT2D eigenvalue weighted by Gasteiger charge is -2.34. The molecule has 0 radical (unpaired) electrons. The van der Waals surface area contributed by atoms with Crippen molar-refractivity contribution in [1.29, 1.82) is 0 Å². The molecule has 1 aromatic carbocycles. The zero-order chi connectivity index (χ0) is 16.4. The molecule has 1 unspecified atom stereocenters. The first-order chi connectivity index (χ1) is 11.0. The van der Waals surface area contributed by atoms with Gasteiger partial charge in [-0.3, -0.25) is 5.32 Å². The van der Waals surface area contributed by atoms with Crippen LogP contribution in [0.15, 0.2) is 30.9 Å². The number of β-amino-alcohol motifs (C(OH)–C–C–N with tert-alkyl or cyclic N) is 1. The van der Waals surface area contributed by atoms with E-state index in [-0.39, 0.29) is 18.7 Å². The van der Waals surface area contributed by atoms with Gasteiger partial charge in [-0.15, -0.1) is 0 Å². The SMILES string of the molecule is CN1CNCN1CC(O)(Cn1cncn1)c1ccc(F)cc1F. The molecule has 9 heteroatoms. The molecule has 1 fully saturated rings. The third-order valence-electron chi connectivity index (χ3n) is 3.88. The van der Waals surface area contributed by atoms with Gasteiger partial charge in [0.15, 0.2) is 0 Å². The predicted molar refractivity (Wildman–Crippen MR) is 77.6 cm³/mol. The van der Waals surface area contributed by atoms with E-state index in [1.807, 2.05) is 17.1 Å². The van der Waals surface area contributed by atoms with E-state index in [0.29, 0.717) is 13.3 Å². The number of rotatable bonds is 5. The zero-order valence-corrected chi connectivity index (χ0v) is 12.7. The van der Waals surface area contributed by atoms with Crippen molar-refractivity contribution in [2.45, 2.75) is 12.1 Å². The van der Waals surface area contributed by atoms with Crippen molar-refractivity contribution < 1.29 is 13.9 Å². The van der Waals surface area contributed by atoms with Gasteiger partial charge in [-0.1, -0.05) is 6.07 Å². The summed E-state index contributed by atoms with van der Waals surface area (Å²) in [5, 5.41) is 22.0. The average molecular weight is 324 g/mol. The molecule has 1 atom stereocenters. The molecule has 2 heterocycles. The number of benzene rings is 1. The largest absolute Gasteiger partial charge is 0.382 e. The summed E-state index contributed by atoms with van der Waals surface area (Å²) in [5.74, 6) is -1.48. The van der Waals surface area contributed by atoms with E-state index in [2.05, 4.69) is 15.4 Å². The van der Waals surface area contributed by atoms with Gasteiger partial charge in [0.2, 0.25) is 0 Å². The van der Waals surface area contributed by atoms with Crippen molar-refractivity contribution in [2.24, 2.45) is 0 Å². The molecule has 0 spiro atoms. The van der Waals surface area contributed by atoms with Crippen LogP contribution in [0.1, 0.15) is 5.56 Å². The van der Waals surface area contributed by atoms with Crippen molar-refractivity contribution in [3.8, 4) is 0 Å². The molecule has 2 N–H and O–H groups in total. The van der Waals surface area contributed by atoms with Crippen LogP contribution in [0.5, 0.6) is 0 Å². The summed E-state index contributed by atoms with van der Waals surface area (Å²) in [4.78, 5) is 3.83. The molecule has 0 amide bonds. The van der Waals surface area contributed by atoms with Crippen LogP contribution in [0.2, 0.25) is 0 Å². The third-order valence-corrected chi connectivity index (χ3v) is 3.88. The highest BCUT2D eigenvalue weighted by molar-refractivity contribution is 5.25. The highest BCUT2D eigenvalue weighted by Crippen LogP contribution is 2.28. The molecule has 1 saturated heterocycles. The fourth-order valence-electron chi connectivity index (χ4n) is 2.71. The topological polar surface area (TPSA) is 69.4 Å². The Balaban J connectivity index is 1.94. The first-order valence-electron chi connectivity index (χ1n) is 7.15. The Labute approximate surface area is 132 Å². The normalized spacial score (nSPS) is 19.1. The second kappa shape index (κ2) is 6.28. The summed E-state index contributed by atoms with van der Waals surface area (Å²) < 4.78 is 28.9. The van der Waals surface area contributed by atoms with E-state index in [1.54, 1.807) is 0 Å². The fourth-order valence-corrected chi connectivity index (χ4v) is 2.71. The standard InChI is InChI=1S/C14H18F2N6O/c1-20-8-18-10-22(20)6-14(23,5-21-9-17-7-19-21)12-3-2-11(15)4-13(12)16/h2-4,7,9,18,23H,5-6,8,10H2,1H3. The number of aliphatic hydroxyl groups is 1. The van der Waals surface area contributed by atoms with Crippen LogP contribution < -0.4 is 5.32 Å². The number of aromatic nitrogens is 3. The van der Waals surface area contributed by atoms with Crippen molar-refractivity contribution >= 4 is 0 Å². The molecule has 7 nitrogen and oxygen atoms in total. The number of hydrazine groups is 1. The third kappa shape index (κ3) is 3.37. The lowest BCUT2D eigenvalue weighted by molar-refractivity contribution is -0.0687. The van der Waals surface area contributed by atoms with Crippen LogP contribution in [0.3, 0.4) is 0 Å². The molecule has 0 saturated carbocycles. The predicted octanol–water partition coefficient (Wildman–Crippen LogP) is 0.111. The van der Waals surface area contributed by atoms with Crippen LogP contribution >= 0.6 is 0 Å². The van der Waals surface area contributed by atoms with Gasteiger partial charge in [-0.25, -0.2) is 28.5 Å². The minimum Gasteiger partial charge on any atom is -0.382 e. The molecule has 3 rings (SSSR count). The lowest BCUT2D eigenvalue weighted by atomic mass is 9.92. The number of hydrogen-bond donors (Lipinski definition) is 2. The molecule has 2 aromatic rings. The lowest BCUT2D eigenvalue weighted by Crippen LogP contribution is -2.47. The van der Waals surface area contributed by atoms with Gasteiger partial charge >= 0.3 is 0 Å². The van der Waals surface area contributed by atoms with E-state index in [0.717, 1.165) is 12.1 Å². The van der Waals surface area contributed by atoms with Crippen molar-refractivity contribution in [1.82, 2.24) is 30.1 Å².